The first-order chi connectivity index (χ1) is 16.0. The molecule has 0 aliphatic carbocycles. The second-order valence-corrected chi connectivity index (χ2v) is 16.5. The zero-order valence-electron chi connectivity index (χ0n) is 19.9. The Kier molecular flexibility index (Phi) is 10.7. The number of benzene rings is 4. The van der Waals surface area contributed by atoms with Crippen LogP contribution in [0, 0.1) is 10.5 Å². The highest BCUT2D eigenvalue weighted by atomic mass is 127. The zero-order chi connectivity index (χ0) is 25.2. The van der Waals surface area contributed by atoms with Gasteiger partial charge in [0.2, 0.25) is 0 Å². The number of aryl methyl sites for hydroxylation is 1. The van der Waals surface area contributed by atoms with Crippen LogP contribution in [0.2, 0.25) is 19.6 Å². The summed E-state index contributed by atoms with van der Waals surface area (Å²) in [6.07, 6.45) is 0. The van der Waals surface area contributed by atoms with Gasteiger partial charge in [0.1, 0.15) is 0 Å². The molecule has 0 aliphatic heterocycles. The summed E-state index contributed by atoms with van der Waals surface area (Å²) < 4.78 is 30.8. The van der Waals surface area contributed by atoms with Gasteiger partial charge in [0.15, 0.2) is 0 Å². The lowest BCUT2D eigenvalue weighted by molar-refractivity contribution is 0.483. The van der Waals surface area contributed by atoms with Crippen LogP contribution in [0.25, 0.3) is 11.1 Å². The summed E-state index contributed by atoms with van der Waals surface area (Å²) in [6.45, 7) is 8.98. The summed E-state index contributed by atoms with van der Waals surface area (Å²) in [5.41, 5.74) is 3.56. The summed E-state index contributed by atoms with van der Waals surface area (Å²) in [5, 5.41) is 1.52. The molecule has 3 nitrogen and oxygen atoms in total. The molecule has 4 aromatic rings. The van der Waals surface area contributed by atoms with Gasteiger partial charge in [-0.25, -0.2) is 0 Å². The van der Waals surface area contributed by atoms with E-state index in [1.807, 2.05) is 25.1 Å². The van der Waals surface area contributed by atoms with Crippen molar-refractivity contribution in [2.45, 2.75) is 31.5 Å². The number of hydrogen-bond acceptors (Lipinski definition) is 2. The largest absolute Gasteiger partial charge is 0.294 e. The first kappa shape index (κ1) is 28.0. The molecule has 0 aromatic heterocycles. The summed E-state index contributed by atoms with van der Waals surface area (Å²) in [4.78, 5) is -0.0666. The van der Waals surface area contributed by atoms with Gasteiger partial charge in [-0.3, -0.25) is 4.55 Å². The van der Waals surface area contributed by atoms with Crippen molar-refractivity contribution in [3.63, 3.8) is 0 Å². The van der Waals surface area contributed by atoms with Crippen LogP contribution < -0.4 is 5.19 Å². The highest BCUT2D eigenvalue weighted by Gasteiger charge is 2.15. The molecule has 0 amide bonds. The van der Waals surface area contributed by atoms with Crippen LogP contribution in [-0.4, -0.2) is 21.0 Å². The molecule has 0 bridgehead atoms. The van der Waals surface area contributed by atoms with Crippen LogP contribution in [0.3, 0.4) is 0 Å². The molecule has 4 rings (SSSR count). The van der Waals surface area contributed by atoms with Crippen molar-refractivity contribution in [2.24, 2.45) is 0 Å². The monoisotopic (exact) mass is 602 g/mol. The van der Waals surface area contributed by atoms with Crippen LogP contribution in [0.1, 0.15) is 5.56 Å². The average Bonchev–Trinajstić information content (AvgIpc) is 2.80. The molecule has 0 saturated carbocycles. The topological polar surface area (TPSA) is 54.4 Å². The smallest absolute Gasteiger partial charge is 0.282 e. The van der Waals surface area contributed by atoms with Crippen molar-refractivity contribution in [3.8, 4) is 11.1 Å². The van der Waals surface area contributed by atoms with Crippen LogP contribution in [0.15, 0.2) is 114 Å². The predicted molar refractivity (Wildman–Crippen MR) is 155 cm³/mol. The third-order valence-corrected chi connectivity index (χ3v) is 8.56. The molecular weight excluding hydrogens is 571 g/mol. The van der Waals surface area contributed by atoms with E-state index < -0.39 is 18.2 Å². The van der Waals surface area contributed by atoms with Crippen molar-refractivity contribution in [1.29, 1.82) is 0 Å². The third-order valence-electron chi connectivity index (χ3n) is 4.91. The Balaban J connectivity index is 0.000000196. The van der Waals surface area contributed by atoms with Gasteiger partial charge >= 0.3 is 0 Å². The fraction of sp³-hybridized carbons (Fsp3) is 0.143. The normalized spacial score (nSPS) is 10.9. The first-order valence-electron chi connectivity index (χ1n) is 10.9. The van der Waals surface area contributed by atoms with E-state index in [4.69, 9.17) is 4.55 Å². The van der Waals surface area contributed by atoms with E-state index in [1.165, 1.54) is 32.0 Å². The van der Waals surface area contributed by atoms with Crippen LogP contribution in [0.4, 0.5) is 0 Å². The van der Waals surface area contributed by atoms with Gasteiger partial charge in [0.25, 0.3) is 10.1 Å². The Hall–Kier alpha value is -2.26. The minimum atomic E-state index is -4.02. The lowest BCUT2D eigenvalue weighted by atomic mass is 10.1. The molecule has 0 aliphatic rings. The van der Waals surface area contributed by atoms with Gasteiger partial charge < -0.3 is 0 Å². The molecule has 6 heteroatoms. The fourth-order valence-electron chi connectivity index (χ4n) is 2.92. The van der Waals surface area contributed by atoms with Crippen molar-refractivity contribution in [2.75, 3.05) is 0 Å². The van der Waals surface area contributed by atoms with E-state index >= 15 is 0 Å². The molecule has 0 fully saturated rings. The second kappa shape index (κ2) is 13.0. The SMILES string of the molecule is C[Si](C)(C)c1ccc(-c2ccccc2)cc1.Cc1ccc(S(=O)(=O)O)cc1.Ic1ccccc1. The Morgan fingerprint density at radius 3 is 1.47 bits per heavy atom. The van der Waals surface area contributed by atoms with Gasteiger partial charge in [-0.1, -0.05) is 115 Å². The number of rotatable bonds is 3. The second-order valence-electron chi connectivity index (χ2n) is 8.78. The highest BCUT2D eigenvalue weighted by Crippen LogP contribution is 2.18. The van der Waals surface area contributed by atoms with Gasteiger partial charge in [-0.2, -0.15) is 8.42 Å². The predicted octanol–water partition coefficient (Wildman–Crippen LogP) is 7.43. The van der Waals surface area contributed by atoms with E-state index in [0.29, 0.717) is 0 Å². The van der Waals surface area contributed by atoms with Crippen molar-refractivity contribution < 1.29 is 13.0 Å². The molecule has 0 radical (unpaired) electrons. The van der Waals surface area contributed by atoms with Gasteiger partial charge in [0.05, 0.1) is 13.0 Å². The van der Waals surface area contributed by atoms with E-state index in [1.54, 1.807) is 12.1 Å². The average molecular weight is 603 g/mol. The maximum absolute atomic E-state index is 10.5. The Morgan fingerprint density at radius 2 is 1.09 bits per heavy atom. The van der Waals surface area contributed by atoms with Crippen molar-refractivity contribution >= 4 is 46.0 Å². The Labute approximate surface area is 218 Å². The van der Waals surface area contributed by atoms with Crippen LogP contribution >= 0.6 is 22.6 Å². The number of hydrogen-bond donors (Lipinski definition) is 1. The lowest BCUT2D eigenvalue weighted by Gasteiger charge is -2.16. The van der Waals surface area contributed by atoms with E-state index in [-0.39, 0.29) is 4.90 Å². The summed E-state index contributed by atoms with van der Waals surface area (Å²) >= 11 is 2.28. The van der Waals surface area contributed by atoms with Gasteiger partial charge in [-0.05, 0) is 64.9 Å². The molecule has 1 N–H and O–H groups in total. The maximum Gasteiger partial charge on any atom is 0.294 e. The number of halogens is 1. The summed E-state index contributed by atoms with van der Waals surface area (Å²) in [6, 6.07) is 35.8. The molecule has 0 saturated heterocycles. The van der Waals surface area contributed by atoms with Gasteiger partial charge in [0, 0.05) is 3.57 Å². The lowest BCUT2D eigenvalue weighted by Crippen LogP contribution is -2.37. The molecule has 0 unspecified atom stereocenters. The van der Waals surface area contributed by atoms with Crippen molar-refractivity contribution in [1.82, 2.24) is 0 Å². The minimum absolute atomic E-state index is 0.0666. The molecule has 4 aromatic carbocycles. The van der Waals surface area contributed by atoms with E-state index in [2.05, 4.69) is 109 Å². The summed E-state index contributed by atoms with van der Waals surface area (Å²) in [7, 11) is -5.18. The summed E-state index contributed by atoms with van der Waals surface area (Å²) in [5.74, 6) is 0. The quantitative estimate of drug-likeness (QED) is 0.151. The molecule has 0 spiro atoms. The Morgan fingerprint density at radius 1 is 0.647 bits per heavy atom. The minimum Gasteiger partial charge on any atom is -0.282 e. The van der Waals surface area contributed by atoms with Crippen molar-refractivity contribution in [3.05, 3.63) is 118 Å². The highest BCUT2D eigenvalue weighted by molar-refractivity contribution is 14.1. The third kappa shape index (κ3) is 9.93. The van der Waals surface area contributed by atoms with Gasteiger partial charge in [-0.15, -0.1) is 0 Å². The first-order valence-corrected chi connectivity index (χ1v) is 16.9. The van der Waals surface area contributed by atoms with E-state index in [0.717, 1.165) is 5.56 Å². The van der Waals surface area contributed by atoms with Crippen LogP contribution in [0.5, 0.6) is 0 Å². The zero-order valence-corrected chi connectivity index (χ0v) is 23.9. The maximum atomic E-state index is 10.5. The molecular formula is C28H31IO3SSi. The Bertz CT molecular complexity index is 1240. The molecule has 0 heterocycles. The van der Waals surface area contributed by atoms with Crippen LogP contribution in [-0.2, 0) is 10.1 Å². The standard InChI is InChI=1S/C15H18Si.C7H8O3S.C6H5I/c1-16(2,3)15-11-9-14(10-12-15)13-7-5-4-6-8-13;1-6-2-4-7(5-3-6)11(8,9)10;7-6-4-2-1-3-5-6/h4-12H,1-3H3;2-5H,1H3,(H,8,9,10);1-5H. The molecule has 178 valence electrons. The molecule has 0 atom stereocenters. The molecule has 34 heavy (non-hydrogen) atoms. The fourth-order valence-corrected chi connectivity index (χ4v) is 4.98. The van der Waals surface area contributed by atoms with E-state index in [9.17, 15) is 8.42 Å².